The molecule has 3 heteroatoms. The molecule has 0 aliphatic heterocycles. The van der Waals surface area contributed by atoms with Crippen molar-refractivity contribution < 1.29 is 0 Å². The van der Waals surface area contributed by atoms with E-state index in [1.165, 1.54) is 11.1 Å². The van der Waals surface area contributed by atoms with Crippen molar-refractivity contribution in [2.75, 3.05) is 6.54 Å². The zero-order valence-corrected chi connectivity index (χ0v) is 9.72. The van der Waals surface area contributed by atoms with Crippen molar-refractivity contribution in [2.24, 2.45) is 0 Å². The van der Waals surface area contributed by atoms with Gasteiger partial charge >= 0.3 is 0 Å². The van der Waals surface area contributed by atoms with Gasteiger partial charge in [0.2, 0.25) is 0 Å². The second-order valence-corrected chi connectivity index (χ2v) is 4.57. The van der Waals surface area contributed by atoms with Crippen LogP contribution in [0.1, 0.15) is 11.1 Å². The van der Waals surface area contributed by atoms with Crippen molar-refractivity contribution in [3.8, 4) is 6.07 Å². The molecule has 1 aromatic rings. The first-order valence-electron chi connectivity index (χ1n) is 5.23. The highest BCUT2D eigenvalue weighted by molar-refractivity contribution is 6.30. The monoisotopic (exact) mass is 232 g/mol. The quantitative estimate of drug-likeness (QED) is 0.813. The fourth-order valence-electron chi connectivity index (χ4n) is 2.16. The maximum atomic E-state index is 9.30. The fraction of sp³-hybridized carbons (Fsp3) is 0.308. The van der Waals surface area contributed by atoms with Crippen molar-refractivity contribution in [3.63, 3.8) is 0 Å². The van der Waals surface area contributed by atoms with Crippen LogP contribution in [0.5, 0.6) is 0 Å². The van der Waals surface area contributed by atoms with Gasteiger partial charge in [-0.15, -0.1) is 6.58 Å². The molecule has 82 valence electrons. The van der Waals surface area contributed by atoms with Crippen molar-refractivity contribution >= 4 is 11.6 Å². The smallest absolute Gasteiger partial charge is 0.115 e. The minimum absolute atomic E-state index is 0.485. The third-order valence-electron chi connectivity index (χ3n) is 2.95. The van der Waals surface area contributed by atoms with Gasteiger partial charge in [0.15, 0.2) is 0 Å². The van der Waals surface area contributed by atoms with Crippen LogP contribution in [0, 0.1) is 11.3 Å². The number of nitrogens with zero attached hydrogens (tertiary/aromatic N) is 1. The van der Waals surface area contributed by atoms with Crippen LogP contribution in [0.25, 0.3) is 0 Å². The van der Waals surface area contributed by atoms with Gasteiger partial charge in [-0.2, -0.15) is 5.26 Å². The minimum Gasteiger partial charge on any atom is -0.295 e. The first-order chi connectivity index (χ1) is 7.69. The Hall–Kier alpha value is -1.30. The number of hydrogen-bond acceptors (Lipinski definition) is 2. The van der Waals surface area contributed by atoms with Crippen LogP contribution in [-0.4, -0.2) is 12.1 Å². The van der Waals surface area contributed by atoms with Crippen LogP contribution in [0.4, 0.5) is 0 Å². The molecule has 1 atom stereocenters. The van der Waals surface area contributed by atoms with Gasteiger partial charge in [0.25, 0.3) is 0 Å². The zero-order chi connectivity index (χ0) is 11.6. The maximum absolute atomic E-state index is 9.30. The average Bonchev–Trinajstić information content (AvgIpc) is 2.65. The van der Waals surface area contributed by atoms with Crippen LogP contribution in [-0.2, 0) is 12.8 Å². The molecule has 16 heavy (non-hydrogen) atoms. The van der Waals surface area contributed by atoms with Gasteiger partial charge < -0.3 is 0 Å². The summed E-state index contributed by atoms with van der Waals surface area (Å²) in [6, 6.07) is 8.21. The van der Waals surface area contributed by atoms with Gasteiger partial charge in [-0.1, -0.05) is 23.7 Å². The van der Waals surface area contributed by atoms with Crippen molar-refractivity contribution in [2.45, 2.75) is 18.4 Å². The van der Waals surface area contributed by atoms with Gasteiger partial charge in [0.1, 0.15) is 5.54 Å². The molecule has 0 amide bonds. The van der Waals surface area contributed by atoms with Crippen molar-refractivity contribution in [1.82, 2.24) is 5.32 Å². The van der Waals surface area contributed by atoms with Gasteiger partial charge in [-0.3, -0.25) is 5.32 Å². The normalized spacial score (nSPS) is 22.5. The van der Waals surface area contributed by atoms with E-state index in [1.807, 2.05) is 18.2 Å². The highest BCUT2D eigenvalue weighted by Gasteiger charge is 2.36. The molecule has 1 N–H and O–H groups in total. The molecule has 1 aromatic carbocycles. The largest absolute Gasteiger partial charge is 0.295 e. The number of hydrogen-bond donors (Lipinski definition) is 1. The maximum Gasteiger partial charge on any atom is 0.115 e. The molecule has 0 fully saturated rings. The van der Waals surface area contributed by atoms with Gasteiger partial charge in [0.05, 0.1) is 6.07 Å². The molecular formula is C13H13ClN2. The van der Waals surface area contributed by atoms with E-state index in [2.05, 4.69) is 18.0 Å². The number of nitrogens with one attached hydrogen (secondary N) is 1. The van der Waals surface area contributed by atoms with E-state index in [4.69, 9.17) is 11.6 Å². The summed E-state index contributed by atoms with van der Waals surface area (Å²) in [5.41, 5.74) is 1.90. The molecule has 0 spiro atoms. The second kappa shape index (κ2) is 4.29. The summed E-state index contributed by atoms with van der Waals surface area (Å²) in [7, 11) is 0. The Bertz CT molecular complexity index is 461. The lowest BCUT2D eigenvalue weighted by Gasteiger charge is -2.20. The van der Waals surface area contributed by atoms with E-state index >= 15 is 0 Å². The Morgan fingerprint density at radius 2 is 2.25 bits per heavy atom. The number of fused-ring (bicyclic) bond motifs is 1. The first kappa shape index (κ1) is 11.2. The summed E-state index contributed by atoms with van der Waals surface area (Å²) in [5, 5.41) is 13.3. The molecule has 0 bridgehead atoms. The number of rotatable bonds is 3. The molecule has 0 saturated carbocycles. The molecular weight excluding hydrogens is 220 g/mol. The van der Waals surface area contributed by atoms with Crippen molar-refractivity contribution in [1.29, 1.82) is 5.26 Å². The van der Waals surface area contributed by atoms with Crippen LogP contribution in [0.3, 0.4) is 0 Å². The Morgan fingerprint density at radius 3 is 2.94 bits per heavy atom. The number of benzene rings is 1. The van der Waals surface area contributed by atoms with Crippen LogP contribution in [0.2, 0.25) is 5.02 Å². The molecule has 0 radical (unpaired) electrons. The van der Waals surface area contributed by atoms with Crippen LogP contribution in [0.15, 0.2) is 30.9 Å². The van der Waals surface area contributed by atoms with E-state index in [0.717, 1.165) is 11.4 Å². The van der Waals surface area contributed by atoms with E-state index < -0.39 is 5.54 Å². The van der Waals surface area contributed by atoms with E-state index in [-0.39, 0.29) is 0 Å². The Kier molecular flexibility index (Phi) is 3.00. The fourth-order valence-corrected chi connectivity index (χ4v) is 2.35. The van der Waals surface area contributed by atoms with Crippen molar-refractivity contribution in [3.05, 3.63) is 47.0 Å². The standard InChI is InChI=1S/C13H13ClN2/c1-2-5-16-13(9-15)7-10-3-4-12(14)6-11(10)8-13/h2-4,6,16H,1,5,7-8H2. The Morgan fingerprint density at radius 1 is 1.50 bits per heavy atom. The first-order valence-corrected chi connectivity index (χ1v) is 5.61. The molecule has 1 aliphatic carbocycles. The van der Waals surface area contributed by atoms with E-state index in [9.17, 15) is 5.26 Å². The predicted octanol–water partition coefficient (Wildman–Crippen LogP) is 2.48. The topological polar surface area (TPSA) is 35.8 Å². The summed E-state index contributed by atoms with van der Waals surface area (Å²) in [6.07, 6.45) is 3.23. The second-order valence-electron chi connectivity index (χ2n) is 4.13. The molecule has 0 aromatic heterocycles. The highest BCUT2D eigenvalue weighted by Crippen LogP contribution is 2.31. The highest BCUT2D eigenvalue weighted by atomic mass is 35.5. The lowest BCUT2D eigenvalue weighted by atomic mass is 9.98. The minimum atomic E-state index is -0.485. The molecule has 1 unspecified atom stereocenters. The predicted molar refractivity (Wildman–Crippen MR) is 65.4 cm³/mol. The summed E-state index contributed by atoms with van der Waals surface area (Å²) in [6.45, 7) is 4.31. The summed E-state index contributed by atoms with van der Waals surface area (Å²) in [4.78, 5) is 0. The lowest BCUT2D eigenvalue weighted by Crippen LogP contribution is -2.44. The molecule has 0 saturated heterocycles. The summed E-state index contributed by atoms with van der Waals surface area (Å²) in [5.74, 6) is 0. The summed E-state index contributed by atoms with van der Waals surface area (Å²) >= 11 is 5.94. The lowest BCUT2D eigenvalue weighted by molar-refractivity contribution is 0.454. The van der Waals surface area contributed by atoms with Gasteiger partial charge in [0, 0.05) is 24.4 Å². The molecule has 2 nitrogen and oxygen atoms in total. The molecule has 0 heterocycles. The summed E-state index contributed by atoms with van der Waals surface area (Å²) < 4.78 is 0. The van der Waals surface area contributed by atoms with Gasteiger partial charge in [-0.05, 0) is 23.3 Å². The third kappa shape index (κ3) is 1.97. The molecule has 1 aliphatic rings. The Balaban J connectivity index is 2.25. The van der Waals surface area contributed by atoms with E-state index in [1.54, 1.807) is 6.08 Å². The number of nitriles is 1. The zero-order valence-electron chi connectivity index (χ0n) is 8.96. The van der Waals surface area contributed by atoms with Crippen LogP contribution >= 0.6 is 11.6 Å². The SMILES string of the molecule is C=CCNC1(C#N)Cc2ccc(Cl)cc2C1. The van der Waals surface area contributed by atoms with Gasteiger partial charge in [-0.25, -0.2) is 0 Å². The van der Waals surface area contributed by atoms with Crippen LogP contribution < -0.4 is 5.32 Å². The average molecular weight is 233 g/mol. The molecule has 2 rings (SSSR count). The number of halogens is 1. The Labute approximate surface area is 101 Å². The third-order valence-corrected chi connectivity index (χ3v) is 3.19. The van der Waals surface area contributed by atoms with E-state index in [0.29, 0.717) is 13.0 Å².